The van der Waals surface area contributed by atoms with Crippen LogP contribution in [0.2, 0.25) is 0 Å². The van der Waals surface area contributed by atoms with Gasteiger partial charge >= 0.3 is 0 Å². The molecule has 0 amide bonds. The van der Waals surface area contributed by atoms with Crippen molar-refractivity contribution in [3.05, 3.63) is 35.1 Å². The van der Waals surface area contributed by atoms with E-state index in [-0.39, 0.29) is 11.9 Å². The first-order chi connectivity index (χ1) is 9.61. The molecule has 1 aromatic carbocycles. The third-order valence-corrected chi connectivity index (χ3v) is 4.61. The maximum Gasteiger partial charge on any atom is 0.126 e. The normalized spacial score (nSPS) is 18.4. The van der Waals surface area contributed by atoms with Crippen LogP contribution >= 0.6 is 0 Å². The van der Waals surface area contributed by atoms with Gasteiger partial charge in [-0.05, 0) is 49.9 Å². The van der Waals surface area contributed by atoms with Gasteiger partial charge in [0.15, 0.2) is 0 Å². The molecule has 0 radical (unpaired) electrons. The number of nitrogens with two attached hydrogens (primary N) is 1. The van der Waals surface area contributed by atoms with Crippen LogP contribution in [0.25, 0.3) is 0 Å². The van der Waals surface area contributed by atoms with Gasteiger partial charge in [-0.15, -0.1) is 0 Å². The van der Waals surface area contributed by atoms with Gasteiger partial charge in [0.2, 0.25) is 0 Å². The van der Waals surface area contributed by atoms with Crippen LogP contribution in [0.3, 0.4) is 0 Å². The van der Waals surface area contributed by atoms with Gasteiger partial charge in [0.05, 0.1) is 0 Å². The van der Waals surface area contributed by atoms with Gasteiger partial charge in [0.25, 0.3) is 0 Å². The van der Waals surface area contributed by atoms with Crippen LogP contribution in [0.15, 0.2) is 18.2 Å². The summed E-state index contributed by atoms with van der Waals surface area (Å²) in [5.41, 5.74) is 7.62. The fraction of sp³-hybridized carbons (Fsp3) is 0.647. The number of halogens is 1. The van der Waals surface area contributed by atoms with E-state index >= 15 is 0 Å². The van der Waals surface area contributed by atoms with Crippen LogP contribution in [0, 0.1) is 18.7 Å². The van der Waals surface area contributed by atoms with Gasteiger partial charge in [0, 0.05) is 19.1 Å². The van der Waals surface area contributed by atoms with Crippen LogP contribution in [0.5, 0.6) is 0 Å². The van der Waals surface area contributed by atoms with Crippen molar-refractivity contribution in [3.8, 4) is 0 Å². The number of likely N-dealkylation sites (N-methyl/N-ethyl adjacent to an activating group) is 1. The molecule has 0 saturated heterocycles. The topological polar surface area (TPSA) is 29.3 Å². The van der Waals surface area contributed by atoms with E-state index in [1.54, 1.807) is 13.0 Å². The molecule has 112 valence electrons. The minimum Gasteiger partial charge on any atom is -0.329 e. The summed E-state index contributed by atoms with van der Waals surface area (Å²) in [6.45, 7) is 3.39. The summed E-state index contributed by atoms with van der Waals surface area (Å²) in [6.07, 6.45) is 6.73. The first-order valence-corrected chi connectivity index (χ1v) is 7.78. The summed E-state index contributed by atoms with van der Waals surface area (Å²) in [4.78, 5) is 2.31. The summed E-state index contributed by atoms with van der Waals surface area (Å²) in [5.74, 6) is 0.644. The zero-order chi connectivity index (χ0) is 14.5. The van der Waals surface area contributed by atoms with E-state index in [0.29, 0.717) is 12.1 Å². The van der Waals surface area contributed by atoms with Crippen LogP contribution < -0.4 is 5.73 Å². The quantitative estimate of drug-likeness (QED) is 0.891. The van der Waals surface area contributed by atoms with Crippen molar-refractivity contribution in [1.82, 2.24) is 4.90 Å². The predicted octanol–water partition coefficient (Wildman–Crippen LogP) is 3.65. The number of benzene rings is 1. The monoisotopic (exact) mass is 278 g/mol. The van der Waals surface area contributed by atoms with Crippen molar-refractivity contribution in [1.29, 1.82) is 0 Å². The van der Waals surface area contributed by atoms with Gasteiger partial charge in [-0.1, -0.05) is 31.4 Å². The van der Waals surface area contributed by atoms with Crippen molar-refractivity contribution in [2.75, 3.05) is 20.1 Å². The van der Waals surface area contributed by atoms with Gasteiger partial charge < -0.3 is 5.73 Å². The summed E-state index contributed by atoms with van der Waals surface area (Å²) >= 11 is 0. The number of hydrogen-bond donors (Lipinski definition) is 1. The number of nitrogens with zero attached hydrogens (tertiary/aromatic N) is 1. The standard InChI is InChI=1S/C17H27FN2/c1-13-8-9-15(10-16(13)18)17(11-19)20(2)12-14-6-4-3-5-7-14/h8-10,14,17H,3-7,11-12,19H2,1-2H3. The van der Waals surface area contributed by atoms with Crippen molar-refractivity contribution >= 4 is 0 Å². The Hall–Kier alpha value is -0.930. The molecule has 1 fully saturated rings. The molecule has 0 bridgehead atoms. The van der Waals surface area contributed by atoms with E-state index in [1.165, 1.54) is 32.1 Å². The number of aryl methyl sites for hydroxylation is 1. The Kier molecular flexibility index (Phi) is 5.55. The lowest BCUT2D eigenvalue weighted by atomic mass is 9.88. The molecular weight excluding hydrogens is 251 g/mol. The Morgan fingerprint density at radius 3 is 2.60 bits per heavy atom. The van der Waals surface area contributed by atoms with Crippen LogP contribution in [0.4, 0.5) is 4.39 Å². The van der Waals surface area contributed by atoms with Crippen LogP contribution in [-0.2, 0) is 0 Å². The fourth-order valence-corrected chi connectivity index (χ4v) is 3.29. The first kappa shape index (κ1) is 15.5. The summed E-state index contributed by atoms with van der Waals surface area (Å²) in [5, 5.41) is 0. The Balaban J connectivity index is 2.03. The molecule has 1 unspecified atom stereocenters. The molecule has 0 aliphatic heterocycles. The third kappa shape index (κ3) is 3.80. The highest BCUT2D eigenvalue weighted by atomic mass is 19.1. The fourth-order valence-electron chi connectivity index (χ4n) is 3.29. The zero-order valence-corrected chi connectivity index (χ0v) is 12.7. The molecule has 2 rings (SSSR count). The van der Waals surface area contributed by atoms with Crippen LogP contribution in [-0.4, -0.2) is 25.0 Å². The van der Waals surface area contributed by atoms with Crippen molar-refractivity contribution in [3.63, 3.8) is 0 Å². The molecule has 20 heavy (non-hydrogen) atoms. The highest BCUT2D eigenvalue weighted by molar-refractivity contribution is 5.26. The Bertz CT molecular complexity index is 427. The molecule has 1 aliphatic carbocycles. The van der Waals surface area contributed by atoms with Crippen molar-refractivity contribution < 1.29 is 4.39 Å². The molecule has 2 nitrogen and oxygen atoms in total. The summed E-state index contributed by atoms with van der Waals surface area (Å²) < 4.78 is 13.7. The van der Waals surface area contributed by atoms with E-state index < -0.39 is 0 Å². The van der Waals surface area contributed by atoms with Gasteiger partial charge in [-0.3, -0.25) is 4.90 Å². The van der Waals surface area contributed by atoms with Gasteiger partial charge in [0.1, 0.15) is 5.82 Å². The van der Waals surface area contributed by atoms with E-state index in [4.69, 9.17) is 5.73 Å². The third-order valence-electron chi connectivity index (χ3n) is 4.61. The maximum atomic E-state index is 13.7. The molecule has 0 heterocycles. The second-order valence-corrected chi connectivity index (χ2v) is 6.20. The molecule has 0 spiro atoms. The van der Waals surface area contributed by atoms with Crippen molar-refractivity contribution in [2.45, 2.75) is 45.1 Å². The highest BCUT2D eigenvalue weighted by Crippen LogP contribution is 2.27. The molecule has 0 aromatic heterocycles. The largest absolute Gasteiger partial charge is 0.329 e. The number of rotatable bonds is 5. The minimum absolute atomic E-state index is 0.118. The first-order valence-electron chi connectivity index (χ1n) is 7.78. The van der Waals surface area contributed by atoms with Crippen molar-refractivity contribution in [2.24, 2.45) is 11.7 Å². The average molecular weight is 278 g/mol. The Labute approximate surface area is 122 Å². The van der Waals surface area contributed by atoms with Gasteiger partial charge in [-0.2, -0.15) is 0 Å². The van der Waals surface area contributed by atoms with Gasteiger partial charge in [-0.25, -0.2) is 4.39 Å². The van der Waals surface area contributed by atoms with E-state index in [1.807, 2.05) is 12.1 Å². The maximum absolute atomic E-state index is 13.7. The Morgan fingerprint density at radius 2 is 2.00 bits per heavy atom. The van der Waals surface area contributed by atoms with Crippen LogP contribution in [0.1, 0.15) is 49.3 Å². The summed E-state index contributed by atoms with van der Waals surface area (Å²) in [7, 11) is 2.11. The predicted molar refractivity (Wildman–Crippen MR) is 82.1 cm³/mol. The molecular formula is C17H27FN2. The smallest absolute Gasteiger partial charge is 0.126 e. The second kappa shape index (κ2) is 7.19. The second-order valence-electron chi connectivity index (χ2n) is 6.20. The summed E-state index contributed by atoms with van der Waals surface area (Å²) in [6, 6.07) is 5.62. The molecule has 1 aromatic rings. The lowest BCUT2D eigenvalue weighted by molar-refractivity contribution is 0.185. The molecule has 1 saturated carbocycles. The molecule has 2 N–H and O–H groups in total. The molecule has 1 aliphatic rings. The van der Waals surface area contributed by atoms with E-state index in [0.717, 1.165) is 18.0 Å². The SMILES string of the molecule is Cc1ccc(C(CN)N(C)CC2CCCCC2)cc1F. The average Bonchev–Trinajstić information content (AvgIpc) is 2.44. The lowest BCUT2D eigenvalue weighted by Crippen LogP contribution is -2.35. The van der Waals surface area contributed by atoms with E-state index in [2.05, 4.69) is 11.9 Å². The van der Waals surface area contributed by atoms with E-state index in [9.17, 15) is 4.39 Å². The molecule has 3 heteroatoms. The highest BCUT2D eigenvalue weighted by Gasteiger charge is 2.21. The molecule has 1 atom stereocenters. The number of hydrogen-bond acceptors (Lipinski definition) is 2. The minimum atomic E-state index is -0.132. The zero-order valence-electron chi connectivity index (χ0n) is 12.7. The Morgan fingerprint density at radius 1 is 1.30 bits per heavy atom. The lowest BCUT2D eigenvalue weighted by Gasteiger charge is -2.32.